The van der Waals surface area contributed by atoms with Crippen LogP contribution in [0.25, 0.3) is 0 Å². The SMILES string of the molecule is Cc1cc(C)cc(OCc2nnc(SCC(=O)Nc3c(C)cccc3C)o2)c1. The summed E-state index contributed by atoms with van der Waals surface area (Å²) in [6.45, 7) is 8.16. The zero-order valence-electron chi connectivity index (χ0n) is 16.4. The van der Waals surface area contributed by atoms with E-state index in [-0.39, 0.29) is 18.3 Å². The first kappa shape index (κ1) is 19.9. The molecule has 1 amide bonds. The molecule has 3 rings (SSSR count). The van der Waals surface area contributed by atoms with Crippen LogP contribution in [0, 0.1) is 27.7 Å². The van der Waals surface area contributed by atoms with Crippen LogP contribution in [0.5, 0.6) is 5.75 Å². The molecule has 0 aliphatic heterocycles. The first-order chi connectivity index (χ1) is 13.4. The van der Waals surface area contributed by atoms with Crippen LogP contribution in [-0.2, 0) is 11.4 Å². The van der Waals surface area contributed by atoms with E-state index in [1.807, 2.05) is 58.0 Å². The van der Waals surface area contributed by atoms with Crippen molar-refractivity contribution in [2.45, 2.75) is 39.5 Å². The molecule has 0 radical (unpaired) electrons. The molecule has 0 aliphatic carbocycles. The minimum absolute atomic E-state index is 0.117. The molecular formula is C21H23N3O3S. The number of anilines is 1. The topological polar surface area (TPSA) is 77.2 Å². The number of ether oxygens (including phenoxy) is 1. The van der Waals surface area contributed by atoms with Gasteiger partial charge in [0.2, 0.25) is 5.91 Å². The van der Waals surface area contributed by atoms with Crippen LogP contribution < -0.4 is 10.1 Å². The normalized spacial score (nSPS) is 10.7. The molecule has 0 fully saturated rings. The van der Waals surface area contributed by atoms with E-state index < -0.39 is 0 Å². The average molecular weight is 398 g/mol. The molecule has 1 aromatic heterocycles. The van der Waals surface area contributed by atoms with Gasteiger partial charge in [-0.25, -0.2) is 0 Å². The molecule has 1 N–H and O–H groups in total. The van der Waals surface area contributed by atoms with Crippen molar-refractivity contribution >= 4 is 23.4 Å². The lowest BCUT2D eigenvalue weighted by molar-refractivity contribution is -0.113. The minimum atomic E-state index is -0.117. The number of hydrogen-bond donors (Lipinski definition) is 1. The van der Waals surface area contributed by atoms with E-state index in [9.17, 15) is 4.79 Å². The second-order valence-electron chi connectivity index (χ2n) is 6.68. The van der Waals surface area contributed by atoms with Gasteiger partial charge in [-0.3, -0.25) is 4.79 Å². The van der Waals surface area contributed by atoms with Gasteiger partial charge in [0.1, 0.15) is 5.75 Å². The lowest BCUT2D eigenvalue weighted by atomic mass is 10.1. The summed E-state index contributed by atoms with van der Waals surface area (Å²) >= 11 is 1.20. The van der Waals surface area contributed by atoms with Gasteiger partial charge in [0, 0.05) is 5.69 Å². The molecule has 1 heterocycles. The Morgan fingerprint density at radius 1 is 1.07 bits per heavy atom. The summed E-state index contributed by atoms with van der Waals surface area (Å²) in [7, 11) is 0. The Balaban J connectivity index is 1.51. The molecule has 0 unspecified atom stereocenters. The minimum Gasteiger partial charge on any atom is -0.484 e. The number of nitrogens with zero attached hydrogens (tertiary/aromatic N) is 2. The number of amides is 1. The lowest BCUT2D eigenvalue weighted by Gasteiger charge is -2.10. The van der Waals surface area contributed by atoms with Gasteiger partial charge in [0.25, 0.3) is 11.1 Å². The highest BCUT2D eigenvalue weighted by Crippen LogP contribution is 2.22. The predicted octanol–water partition coefficient (Wildman–Crippen LogP) is 4.61. The van der Waals surface area contributed by atoms with Crippen molar-refractivity contribution in [2.24, 2.45) is 0 Å². The summed E-state index contributed by atoms with van der Waals surface area (Å²) in [5.41, 5.74) is 5.17. The van der Waals surface area contributed by atoms with Crippen LogP contribution in [0.4, 0.5) is 5.69 Å². The van der Waals surface area contributed by atoms with Gasteiger partial charge in [0.05, 0.1) is 5.75 Å². The molecule has 146 valence electrons. The van der Waals surface area contributed by atoms with Gasteiger partial charge in [-0.2, -0.15) is 0 Å². The third-order valence-corrected chi connectivity index (χ3v) is 4.90. The maximum absolute atomic E-state index is 12.2. The van der Waals surface area contributed by atoms with E-state index >= 15 is 0 Å². The molecule has 2 aromatic carbocycles. The molecule has 3 aromatic rings. The Labute approximate surface area is 168 Å². The smallest absolute Gasteiger partial charge is 0.277 e. The van der Waals surface area contributed by atoms with Crippen molar-refractivity contribution in [2.75, 3.05) is 11.1 Å². The van der Waals surface area contributed by atoms with Gasteiger partial charge in [-0.15, -0.1) is 10.2 Å². The highest BCUT2D eigenvalue weighted by Gasteiger charge is 2.12. The maximum Gasteiger partial charge on any atom is 0.277 e. The number of aromatic nitrogens is 2. The standard InChI is InChI=1S/C21H23N3O3S/c1-13-8-14(2)10-17(9-13)26-11-19-23-24-21(27-19)28-12-18(25)22-20-15(3)6-5-7-16(20)4/h5-10H,11-12H2,1-4H3,(H,22,25). The van der Waals surface area contributed by atoms with Crippen molar-refractivity contribution in [3.8, 4) is 5.75 Å². The lowest BCUT2D eigenvalue weighted by Crippen LogP contribution is -2.15. The molecule has 0 saturated heterocycles. The summed E-state index contributed by atoms with van der Waals surface area (Å²) in [6, 6.07) is 11.9. The van der Waals surface area contributed by atoms with Gasteiger partial charge in [-0.1, -0.05) is 36.0 Å². The van der Waals surface area contributed by atoms with Crippen LogP contribution in [-0.4, -0.2) is 21.9 Å². The van der Waals surface area contributed by atoms with Crippen LogP contribution in [0.1, 0.15) is 28.1 Å². The van der Waals surface area contributed by atoms with Crippen LogP contribution in [0.15, 0.2) is 46.0 Å². The molecular weight excluding hydrogens is 374 g/mol. The van der Waals surface area contributed by atoms with E-state index in [2.05, 4.69) is 21.6 Å². The molecule has 7 heteroatoms. The van der Waals surface area contributed by atoms with E-state index in [4.69, 9.17) is 9.15 Å². The number of para-hydroxylation sites is 1. The van der Waals surface area contributed by atoms with Crippen molar-refractivity contribution in [1.82, 2.24) is 10.2 Å². The fourth-order valence-electron chi connectivity index (χ4n) is 2.83. The second-order valence-corrected chi connectivity index (χ2v) is 7.60. The van der Waals surface area contributed by atoms with E-state index in [1.54, 1.807) is 0 Å². The molecule has 0 atom stereocenters. The molecule has 0 aliphatic rings. The van der Waals surface area contributed by atoms with Crippen LogP contribution >= 0.6 is 11.8 Å². The monoisotopic (exact) mass is 397 g/mol. The molecule has 28 heavy (non-hydrogen) atoms. The third-order valence-electron chi connectivity index (χ3n) is 4.08. The van der Waals surface area contributed by atoms with E-state index in [1.165, 1.54) is 11.8 Å². The van der Waals surface area contributed by atoms with E-state index in [0.717, 1.165) is 33.7 Å². The number of carbonyl (C=O) groups excluding carboxylic acids is 1. The fourth-order valence-corrected chi connectivity index (χ4v) is 3.41. The zero-order valence-corrected chi connectivity index (χ0v) is 17.2. The van der Waals surface area contributed by atoms with Crippen LogP contribution in [0.2, 0.25) is 0 Å². The van der Waals surface area contributed by atoms with Gasteiger partial charge in [-0.05, 0) is 62.1 Å². The van der Waals surface area contributed by atoms with Gasteiger partial charge in [0.15, 0.2) is 6.61 Å². The quantitative estimate of drug-likeness (QED) is 0.587. The number of hydrogen-bond acceptors (Lipinski definition) is 6. The van der Waals surface area contributed by atoms with Gasteiger partial charge < -0.3 is 14.5 Å². The molecule has 0 bridgehead atoms. The largest absolute Gasteiger partial charge is 0.484 e. The number of benzene rings is 2. The maximum atomic E-state index is 12.2. The Kier molecular flexibility index (Phi) is 6.36. The number of nitrogens with one attached hydrogen (secondary N) is 1. The molecule has 0 spiro atoms. The van der Waals surface area contributed by atoms with Crippen LogP contribution in [0.3, 0.4) is 0 Å². The predicted molar refractivity (Wildman–Crippen MR) is 110 cm³/mol. The Hall–Kier alpha value is -2.80. The fraction of sp³-hybridized carbons (Fsp3) is 0.286. The molecule has 0 saturated carbocycles. The van der Waals surface area contributed by atoms with Crippen molar-refractivity contribution in [3.05, 3.63) is 64.5 Å². The summed E-state index contributed by atoms with van der Waals surface area (Å²) in [4.78, 5) is 12.2. The molecule has 6 nitrogen and oxygen atoms in total. The third kappa shape index (κ3) is 5.36. The highest BCUT2D eigenvalue weighted by molar-refractivity contribution is 7.99. The summed E-state index contributed by atoms with van der Waals surface area (Å²) in [5.74, 6) is 1.20. The number of aryl methyl sites for hydroxylation is 4. The van der Waals surface area contributed by atoms with Gasteiger partial charge >= 0.3 is 0 Å². The first-order valence-corrected chi connectivity index (χ1v) is 9.91. The number of rotatable bonds is 7. The van der Waals surface area contributed by atoms with Crippen molar-refractivity contribution < 1.29 is 13.9 Å². The number of thioether (sulfide) groups is 1. The average Bonchev–Trinajstić information content (AvgIpc) is 3.09. The number of carbonyl (C=O) groups is 1. The van der Waals surface area contributed by atoms with E-state index in [0.29, 0.717) is 11.1 Å². The van der Waals surface area contributed by atoms with Crippen molar-refractivity contribution in [3.63, 3.8) is 0 Å². The second kappa shape index (κ2) is 8.93. The first-order valence-electron chi connectivity index (χ1n) is 8.93. The summed E-state index contributed by atoms with van der Waals surface area (Å²) in [5, 5.41) is 11.2. The summed E-state index contributed by atoms with van der Waals surface area (Å²) < 4.78 is 11.3. The summed E-state index contributed by atoms with van der Waals surface area (Å²) in [6.07, 6.45) is 0. The highest BCUT2D eigenvalue weighted by atomic mass is 32.2. The Bertz CT molecular complexity index is 944. The Morgan fingerprint density at radius 3 is 2.43 bits per heavy atom. The Morgan fingerprint density at radius 2 is 1.75 bits per heavy atom. The zero-order chi connectivity index (χ0) is 20.1. The van der Waals surface area contributed by atoms with Crippen molar-refractivity contribution in [1.29, 1.82) is 0 Å².